The Balaban J connectivity index is 1.44. The zero-order valence-electron chi connectivity index (χ0n) is 14.2. The van der Waals surface area contributed by atoms with Gasteiger partial charge in [0.05, 0.1) is 0 Å². The molecule has 4 rings (SSSR count). The van der Waals surface area contributed by atoms with Crippen molar-refractivity contribution in [3.05, 3.63) is 23.5 Å². The molecule has 0 bridgehead atoms. The normalized spacial score (nSPS) is 23.1. The molecule has 1 saturated heterocycles. The predicted molar refractivity (Wildman–Crippen MR) is 87.5 cm³/mol. The molecule has 1 aliphatic carbocycles. The number of hydrogen-bond acceptors (Lipinski definition) is 2. The molecule has 0 unspecified atom stereocenters. The van der Waals surface area contributed by atoms with E-state index < -0.39 is 11.8 Å². The lowest BCUT2D eigenvalue weighted by Crippen LogP contribution is -2.47. The monoisotopic (exact) mass is 351 g/mol. The summed E-state index contributed by atoms with van der Waals surface area (Å²) in [6, 6.07) is 3.83. The first-order valence-electron chi connectivity index (χ1n) is 9.09. The number of hydrogen-bond donors (Lipinski definition) is 0. The maximum absolute atomic E-state index is 13.0. The third-order valence-corrected chi connectivity index (χ3v) is 5.67. The standard InChI is InChI=1S/C18H23F2N3O2/c19-18(20)11-13(12-18)16(24)22-8-5-14-3-4-15(23(14)10-9-22)17(25)21-6-1-2-7-21/h3-4,13H,1-2,5-12H2. The number of likely N-dealkylation sites (tertiary alicyclic amines) is 1. The molecule has 3 aliphatic rings. The Kier molecular flexibility index (Phi) is 4.04. The van der Waals surface area contributed by atoms with Gasteiger partial charge >= 0.3 is 0 Å². The van der Waals surface area contributed by atoms with Gasteiger partial charge in [-0.3, -0.25) is 9.59 Å². The number of carbonyl (C=O) groups is 2. The van der Waals surface area contributed by atoms with Crippen LogP contribution in [0.2, 0.25) is 0 Å². The van der Waals surface area contributed by atoms with Crippen LogP contribution in [-0.4, -0.2) is 58.3 Å². The first-order chi connectivity index (χ1) is 11.9. The van der Waals surface area contributed by atoms with E-state index in [0.717, 1.165) is 31.6 Å². The van der Waals surface area contributed by atoms with Crippen molar-refractivity contribution in [3.63, 3.8) is 0 Å². The number of nitrogens with zero attached hydrogens (tertiary/aromatic N) is 3. The molecule has 0 N–H and O–H groups in total. The molecule has 7 heteroatoms. The largest absolute Gasteiger partial charge is 0.340 e. The van der Waals surface area contributed by atoms with E-state index in [1.807, 2.05) is 21.6 Å². The summed E-state index contributed by atoms with van der Waals surface area (Å²) in [6.07, 6.45) is 2.10. The van der Waals surface area contributed by atoms with Crippen molar-refractivity contribution in [1.82, 2.24) is 14.4 Å². The highest BCUT2D eigenvalue weighted by atomic mass is 19.3. The van der Waals surface area contributed by atoms with Crippen LogP contribution in [-0.2, 0) is 17.8 Å². The first kappa shape index (κ1) is 16.5. The fraction of sp³-hybridized carbons (Fsp3) is 0.667. The van der Waals surface area contributed by atoms with Crippen LogP contribution in [0.15, 0.2) is 12.1 Å². The summed E-state index contributed by atoms with van der Waals surface area (Å²) in [7, 11) is 0. The second-order valence-corrected chi connectivity index (χ2v) is 7.40. The number of amides is 2. The zero-order chi connectivity index (χ0) is 17.6. The van der Waals surface area contributed by atoms with E-state index in [1.54, 1.807) is 4.90 Å². The summed E-state index contributed by atoms with van der Waals surface area (Å²) in [6.45, 7) is 3.16. The predicted octanol–water partition coefficient (Wildman–Crippen LogP) is 2.15. The Morgan fingerprint density at radius 3 is 2.36 bits per heavy atom. The molecule has 3 heterocycles. The van der Waals surface area contributed by atoms with E-state index in [-0.39, 0.29) is 24.7 Å². The molecule has 1 saturated carbocycles. The van der Waals surface area contributed by atoms with Crippen LogP contribution in [0, 0.1) is 5.92 Å². The number of alkyl halides is 2. The molecular formula is C18H23F2N3O2. The van der Waals surface area contributed by atoms with Crippen molar-refractivity contribution < 1.29 is 18.4 Å². The number of fused-ring (bicyclic) bond motifs is 1. The van der Waals surface area contributed by atoms with Gasteiger partial charge in [-0.25, -0.2) is 8.78 Å². The fourth-order valence-corrected chi connectivity index (χ4v) is 4.16. The molecule has 1 aromatic rings. The van der Waals surface area contributed by atoms with Crippen molar-refractivity contribution in [2.24, 2.45) is 5.92 Å². The summed E-state index contributed by atoms with van der Waals surface area (Å²) in [5.74, 6) is -3.32. The second kappa shape index (κ2) is 6.11. The van der Waals surface area contributed by atoms with E-state index in [4.69, 9.17) is 0 Å². The van der Waals surface area contributed by atoms with Crippen LogP contribution >= 0.6 is 0 Å². The molecule has 25 heavy (non-hydrogen) atoms. The van der Waals surface area contributed by atoms with Gasteiger partial charge in [-0.1, -0.05) is 0 Å². The number of halogens is 2. The smallest absolute Gasteiger partial charge is 0.270 e. The Morgan fingerprint density at radius 2 is 1.68 bits per heavy atom. The third-order valence-electron chi connectivity index (χ3n) is 5.67. The molecule has 2 fully saturated rings. The Labute approximate surface area is 145 Å². The maximum atomic E-state index is 13.0. The molecule has 2 amide bonds. The van der Waals surface area contributed by atoms with Crippen LogP contribution in [0.25, 0.3) is 0 Å². The van der Waals surface area contributed by atoms with E-state index in [1.165, 1.54) is 0 Å². The Bertz CT molecular complexity index is 686. The number of rotatable bonds is 2. The van der Waals surface area contributed by atoms with Gasteiger partial charge in [-0.15, -0.1) is 0 Å². The maximum Gasteiger partial charge on any atom is 0.270 e. The number of carbonyl (C=O) groups excluding carboxylic acids is 2. The van der Waals surface area contributed by atoms with Gasteiger partial charge in [-0.2, -0.15) is 0 Å². The molecule has 0 aromatic carbocycles. The Morgan fingerprint density at radius 1 is 0.960 bits per heavy atom. The highest BCUT2D eigenvalue weighted by molar-refractivity contribution is 5.93. The van der Waals surface area contributed by atoms with E-state index >= 15 is 0 Å². The summed E-state index contributed by atoms with van der Waals surface area (Å²) in [5.41, 5.74) is 1.72. The summed E-state index contributed by atoms with van der Waals surface area (Å²) in [4.78, 5) is 28.7. The zero-order valence-corrected chi connectivity index (χ0v) is 14.2. The van der Waals surface area contributed by atoms with Gasteiger partial charge in [0.25, 0.3) is 5.91 Å². The molecule has 0 atom stereocenters. The van der Waals surface area contributed by atoms with Gasteiger partial charge < -0.3 is 14.4 Å². The molecule has 136 valence electrons. The van der Waals surface area contributed by atoms with Crippen LogP contribution in [0.3, 0.4) is 0 Å². The fourth-order valence-electron chi connectivity index (χ4n) is 4.16. The van der Waals surface area contributed by atoms with Gasteiger partial charge in [0, 0.05) is 63.6 Å². The molecule has 2 aliphatic heterocycles. The molecule has 0 spiro atoms. The number of aromatic nitrogens is 1. The van der Waals surface area contributed by atoms with Gasteiger partial charge in [0.2, 0.25) is 11.8 Å². The SMILES string of the molecule is O=C(c1ccc2n1CCN(C(=O)C1CC(F)(F)C1)CC2)N1CCCC1. The molecule has 5 nitrogen and oxygen atoms in total. The van der Waals surface area contributed by atoms with Crippen molar-refractivity contribution in [2.75, 3.05) is 26.2 Å². The van der Waals surface area contributed by atoms with Crippen molar-refractivity contribution >= 4 is 11.8 Å². The van der Waals surface area contributed by atoms with Gasteiger partial charge in [0.15, 0.2) is 0 Å². The lowest BCUT2D eigenvalue weighted by molar-refractivity contribution is -0.159. The minimum absolute atomic E-state index is 0.0576. The van der Waals surface area contributed by atoms with E-state index in [9.17, 15) is 18.4 Å². The minimum atomic E-state index is -2.67. The van der Waals surface area contributed by atoms with Gasteiger partial charge in [-0.05, 0) is 25.0 Å². The van der Waals surface area contributed by atoms with Crippen LogP contribution in [0.4, 0.5) is 8.78 Å². The van der Waals surface area contributed by atoms with E-state index in [2.05, 4.69) is 0 Å². The average Bonchev–Trinajstić information content (AvgIpc) is 3.18. The quantitative estimate of drug-likeness (QED) is 0.820. The molecule has 0 radical (unpaired) electrons. The second-order valence-electron chi connectivity index (χ2n) is 7.40. The summed E-state index contributed by atoms with van der Waals surface area (Å²) >= 11 is 0. The lowest BCUT2D eigenvalue weighted by Gasteiger charge is -2.36. The summed E-state index contributed by atoms with van der Waals surface area (Å²) in [5, 5.41) is 0. The highest BCUT2D eigenvalue weighted by Crippen LogP contribution is 2.43. The molecular weight excluding hydrogens is 328 g/mol. The highest BCUT2D eigenvalue weighted by Gasteiger charge is 2.49. The van der Waals surface area contributed by atoms with Crippen LogP contribution in [0.5, 0.6) is 0 Å². The van der Waals surface area contributed by atoms with Crippen molar-refractivity contribution in [3.8, 4) is 0 Å². The van der Waals surface area contributed by atoms with Gasteiger partial charge in [0.1, 0.15) is 5.69 Å². The van der Waals surface area contributed by atoms with E-state index in [0.29, 0.717) is 31.7 Å². The lowest BCUT2D eigenvalue weighted by atomic mass is 9.80. The topological polar surface area (TPSA) is 45.6 Å². The minimum Gasteiger partial charge on any atom is -0.340 e. The van der Waals surface area contributed by atoms with Crippen LogP contribution < -0.4 is 0 Å². The summed E-state index contributed by atoms with van der Waals surface area (Å²) < 4.78 is 28.1. The average molecular weight is 351 g/mol. The third kappa shape index (κ3) is 3.04. The first-order valence-corrected chi connectivity index (χ1v) is 9.09. The van der Waals surface area contributed by atoms with Crippen molar-refractivity contribution in [2.45, 2.75) is 44.6 Å². The Hall–Kier alpha value is -1.92. The van der Waals surface area contributed by atoms with Crippen LogP contribution in [0.1, 0.15) is 41.9 Å². The van der Waals surface area contributed by atoms with Crippen molar-refractivity contribution in [1.29, 1.82) is 0 Å². The molecule has 1 aromatic heterocycles.